The Bertz CT molecular complexity index is 1180. The molecule has 31 heavy (non-hydrogen) atoms. The number of benzene rings is 3. The summed E-state index contributed by atoms with van der Waals surface area (Å²) in [6.07, 6.45) is 0. The molecule has 0 spiro atoms. The number of hydrogen-bond donors (Lipinski definition) is 1. The second-order valence-electron chi connectivity index (χ2n) is 8.25. The minimum atomic E-state index is -0.342. The number of imide groups is 1. The number of rotatable bonds is 5. The molecule has 0 unspecified atom stereocenters. The lowest BCUT2D eigenvalue weighted by Crippen LogP contribution is -2.33. The maximum atomic E-state index is 13.5. The van der Waals surface area contributed by atoms with Crippen molar-refractivity contribution in [3.05, 3.63) is 101 Å². The summed E-state index contributed by atoms with van der Waals surface area (Å²) >= 11 is 0. The highest BCUT2D eigenvalue weighted by Crippen LogP contribution is 2.35. The number of aryl methyl sites for hydroxylation is 2. The van der Waals surface area contributed by atoms with Crippen molar-refractivity contribution in [1.29, 1.82) is 0 Å². The average Bonchev–Trinajstić information content (AvgIpc) is 3.00. The summed E-state index contributed by atoms with van der Waals surface area (Å²) in [4.78, 5) is 28.3. The summed E-state index contributed by atoms with van der Waals surface area (Å²) in [6, 6.07) is 23.1. The van der Waals surface area contributed by atoms with Gasteiger partial charge in [-0.05, 0) is 60.2 Å². The molecule has 0 aliphatic carbocycles. The van der Waals surface area contributed by atoms with Crippen molar-refractivity contribution in [2.75, 3.05) is 10.2 Å². The Hall–Kier alpha value is -3.66. The van der Waals surface area contributed by atoms with Crippen molar-refractivity contribution < 1.29 is 9.59 Å². The molecule has 3 aromatic rings. The van der Waals surface area contributed by atoms with Gasteiger partial charge in [-0.15, -0.1) is 0 Å². The molecule has 3 aromatic carbocycles. The monoisotopic (exact) mass is 410 g/mol. The predicted octanol–water partition coefficient (Wildman–Crippen LogP) is 5.82. The molecular weight excluding hydrogens is 384 g/mol. The Morgan fingerprint density at radius 2 is 1.48 bits per heavy atom. The van der Waals surface area contributed by atoms with Crippen LogP contribution >= 0.6 is 0 Å². The van der Waals surface area contributed by atoms with Crippen LogP contribution in [0.3, 0.4) is 0 Å². The van der Waals surface area contributed by atoms with E-state index in [1.165, 1.54) is 10.5 Å². The fourth-order valence-electron chi connectivity index (χ4n) is 3.79. The highest BCUT2D eigenvalue weighted by atomic mass is 16.2. The lowest BCUT2D eigenvalue weighted by molar-refractivity contribution is -0.120. The largest absolute Gasteiger partial charge is 0.350 e. The summed E-state index contributed by atoms with van der Waals surface area (Å²) < 4.78 is 0. The molecule has 0 saturated heterocycles. The Morgan fingerprint density at radius 3 is 2.13 bits per heavy atom. The third-order valence-corrected chi connectivity index (χ3v) is 5.60. The van der Waals surface area contributed by atoms with Crippen LogP contribution in [0.15, 0.2) is 78.5 Å². The molecular formula is C27H26N2O2. The standard InChI is InChI=1S/C27H26N2O2/c1-17(2)20-12-14-22(15-13-20)28-25-24(21-8-6-5-7-9-21)26(30)29(27(25)31)23-16-18(3)10-11-19(23)4/h5-17,28H,1-4H3. The van der Waals surface area contributed by atoms with Gasteiger partial charge in [0.1, 0.15) is 5.70 Å². The van der Waals surface area contributed by atoms with E-state index in [0.717, 1.165) is 22.4 Å². The average molecular weight is 411 g/mol. The Balaban J connectivity index is 1.80. The molecule has 156 valence electrons. The van der Waals surface area contributed by atoms with Crippen LogP contribution in [0, 0.1) is 13.8 Å². The number of nitrogens with one attached hydrogen (secondary N) is 1. The van der Waals surface area contributed by atoms with E-state index in [1.54, 1.807) is 0 Å². The second kappa shape index (κ2) is 8.23. The predicted molar refractivity (Wildman–Crippen MR) is 126 cm³/mol. The molecule has 1 heterocycles. The van der Waals surface area contributed by atoms with Crippen molar-refractivity contribution in [2.45, 2.75) is 33.6 Å². The maximum absolute atomic E-state index is 13.5. The van der Waals surface area contributed by atoms with Gasteiger partial charge in [-0.1, -0.05) is 68.4 Å². The van der Waals surface area contributed by atoms with Gasteiger partial charge in [-0.2, -0.15) is 0 Å². The Labute approximate surface area is 183 Å². The number of hydrogen-bond acceptors (Lipinski definition) is 3. The highest BCUT2D eigenvalue weighted by Gasteiger charge is 2.40. The second-order valence-corrected chi connectivity index (χ2v) is 8.25. The highest BCUT2D eigenvalue weighted by molar-refractivity contribution is 6.46. The van der Waals surface area contributed by atoms with Crippen LogP contribution in [0.5, 0.6) is 0 Å². The normalized spacial score (nSPS) is 14.0. The van der Waals surface area contributed by atoms with Gasteiger partial charge >= 0.3 is 0 Å². The van der Waals surface area contributed by atoms with Crippen molar-refractivity contribution in [2.24, 2.45) is 0 Å². The first-order valence-electron chi connectivity index (χ1n) is 10.5. The number of carbonyl (C=O) groups is 2. The molecule has 1 aliphatic heterocycles. The third kappa shape index (κ3) is 3.89. The SMILES string of the molecule is Cc1ccc(C)c(N2C(=O)C(Nc3ccc(C(C)C)cc3)=C(c3ccccc3)C2=O)c1. The smallest absolute Gasteiger partial charge is 0.282 e. The molecule has 4 rings (SSSR count). The van der Waals surface area contributed by atoms with Crippen molar-refractivity contribution in [3.8, 4) is 0 Å². The van der Waals surface area contributed by atoms with E-state index in [9.17, 15) is 9.59 Å². The zero-order valence-corrected chi connectivity index (χ0v) is 18.3. The molecule has 1 N–H and O–H groups in total. The Kier molecular flexibility index (Phi) is 5.47. The van der Waals surface area contributed by atoms with Gasteiger partial charge in [0.05, 0.1) is 11.3 Å². The van der Waals surface area contributed by atoms with Crippen LogP contribution in [-0.2, 0) is 9.59 Å². The van der Waals surface area contributed by atoms with Gasteiger partial charge in [-0.3, -0.25) is 9.59 Å². The lowest BCUT2D eigenvalue weighted by Gasteiger charge is -2.18. The van der Waals surface area contributed by atoms with E-state index in [4.69, 9.17) is 0 Å². The Morgan fingerprint density at radius 1 is 0.806 bits per heavy atom. The molecule has 2 amide bonds. The van der Waals surface area contributed by atoms with Gasteiger partial charge in [0.15, 0.2) is 0 Å². The third-order valence-electron chi connectivity index (χ3n) is 5.60. The van der Waals surface area contributed by atoms with Gasteiger partial charge < -0.3 is 5.32 Å². The number of anilines is 2. The summed E-state index contributed by atoms with van der Waals surface area (Å²) in [5.41, 5.74) is 5.89. The first-order valence-corrected chi connectivity index (χ1v) is 10.5. The quantitative estimate of drug-likeness (QED) is 0.539. The van der Waals surface area contributed by atoms with E-state index >= 15 is 0 Å². The van der Waals surface area contributed by atoms with Crippen molar-refractivity contribution >= 4 is 28.8 Å². The molecule has 0 atom stereocenters. The zero-order valence-electron chi connectivity index (χ0n) is 18.3. The van der Waals surface area contributed by atoms with E-state index in [-0.39, 0.29) is 11.8 Å². The van der Waals surface area contributed by atoms with Gasteiger partial charge in [-0.25, -0.2) is 4.90 Å². The molecule has 0 saturated carbocycles. The van der Waals surface area contributed by atoms with Crippen LogP contribution in [0.2, 0.25) is 0 Å². The summed E-state index contributed by atoms with van der Waals surface area (Å²) in [5.74, 6) is -0.237. The molecule has 0 bridgehead atoms. The van der Waals surface area contributed by atoms with Crippen LogP contribution < -0.4 is 10.2 Å². The van der Waals surface area contributed by atoms with Gasteiger partial charge in [0.2, 0.25) is 0 Å². The van der Waals surface area contributed by atoms with Crippen molar-refractivity contribution in [3.63, 3.8) is 0 Å². The van der Waals surface area contributed by atoms with E-state index in [2.05, 4.69) is 19.2 Å². The van der Waals surface area contributed by atoms with Crippen LogP contribution in [0.4, 0.5) is 11.4 Å². The molecule has 0 radical (unpaired) electrons. The topological polar surface area (TPSA) is 49.4 Å². The van der Waals surface area contributed by atoms with Crippen LogP contribution in [0.1, 0.15) is 42.0 Å². The molecule has 1 aliphatic rings. The molecule has 4 heteroatoms. The lowest BCUT2D eigenvalue weighted by atomic mass is 10.0. The summed E-state index contributed by atoms with van der Waals surface area (Å²) in [6.45, 7) is 8.14. The van der Waals surface area contributed by atoms with E-state index < -0.39 is 0 Å². The van der Waals surface area contributed by atoms with Gasteiger partial charge in [0, 0.05) is 5.69 Å². The summed E-state index contributed by atoms with van der Waals surface area (Å²) in [7, 11) is 0. The fourth-order valence-corrected chi connectivity index (χ4v) is 3.79. The van der Waals surface area contributed by atoms with Crippen molar-refractivity contribution in [1.82, 2.24) is 0 Å². The first kappa shape index (κ1) is 20.6. The molecule has 0 aromatic heterocycles. The van der Waals surface area contributed by atoms with Crippen LogP contribution in [0.25, 0.3) is 5.57 Å². The van der Waals surface area contributed by atoms with Crippen LogP contribution in [-0.4, -0.2) is 11.8 Å². The minimum absolute atomic E-state index is 0.300. The first-order chi connectivity index (χ1) is 14.9. The zero-order chi connectivity index (χ0) is 22.1. The number of nitrogens with zero attached hydrogens (tertiary/aromatic N) is 1. The minimum Gasteiger partial charge on any atom is -0.350 e. The molecule has 4 nitrogen and oxygen atoms in total. The van der Waals surface area contributed by atoms with E-state index in [0.29, 0.717) is 22.9 Å². The number of carbonyl (C=O) groups excluding carboxylic acids is 2. The maximum Gasteiger partial charge on any atom is 0.282 e. The molecule has 0 fully saturated rings. The summed E-state index contributed by atoms with van der Waals surface area (Å²) in [5, 5.41) is 3.24. The van der Waals surface area contributed by atoms with Gasteiger partial charge in [0.25, 0.3) is 11.8 Å². The van der Waals surface area contributed by atoms with E-state index in [1.807, 2.05) is 86.6 Å². The number of amides is 2. The fraction of sp³-hybridized carbons (Fsp3) is 0.185.